The lowest BCUT2D eigenvalue weighted by atomic mass is 10.1. The summed E-state index contributed by atoms with van der Waals surface area (Å²) in [6, 6.07) is 20.0. The van der Waals surface area contributed by atoms with E-state index in [0.717, 1.165) is 5.56 Å². The van der Waals surface area contributed by atoms with Crippen LogP contribution in [-0.2, 0) is 35.2 Å². The molecule has 6 nitrogen and oxygen atoms in total. The summed E-state index contributed by atoms with van der Waals surface area (Å²) in [7, 11) is 0. The number of hydrogen-bond donors (Lipinski definition) is 1. The van der Waals surface area contributed by atoms with Gasteiger partial charge in [0.2, 0.25) is 11.7 Å². The number of ether oxygens (including phenoxy) is 1. The molecule has 208 valence electrons. The van der Waals surface area contributed by atoms with E-state index in [1.807, 2.05) is 0 Å². The number of esters is 1. The van der Waals surface area contributed by atoms with Crippen LogP contribution in [0.15, 0.2) is 83.3 Å². The molecule has 1 heterocycles. The van der Waals surface area contributed by atoms with Crippen molar-refractivity contribution in [1.29, 1.82) is 0 Å². The first-order valence-corrected chi connectivity index (χ1v) is 13.1. The predicted molar refractivity (Wildman–Crippen MR) is 140 cm³/mol. The van der Waals surface area contributed by atoms with E-state index in [-0.39, 0.29) is 23.7 Å². The number of carbonyl (C=O) groups excluding carboxylic acids is 1. The Balaban J connectivity index is 1.35. The number of rotatable bonds is 11. The molecule has 0 amide bonds. The smallest absolute Gasteiger partial charge is 0.451 e. The maximum atomic E-state index is 13.5. The molecule has 0 saturated carbocycles. The molecule has 0 aliphatic carbocycles. The second-order valence-electron chi connectivity index (χ2n) is 8.71. The Hall–Kier alpha value is -4.12. The Bertz CT molecular complexity index is 1440. The minimum atomic E-state index is -4.83. The first-order valence-electron chi connectivity index (χ1n) is 12.1. The lowest BCUT2D eigenvalue weighted by molar-refractivity contribution is -0.154. The van der Waals surface area contributed by atoms with E-state index in [1.54, 1.807) is 54.6 Å². The number of benzene rings is 3. The summed E-state index contributed by atoms with van der Waals surface area (Å²) in [5.74, 6) is -3.27. The Kier molecular flexibility index (Phi) is 9.26. The molecule has 40 heavy (non-hydrogen) atoms. The van der Waals surface area contributed by atoms with Gasteiger partial charge in [0.25, 0.3) is 0 Å². The predicted octanol–water partition coefficient (Wildman–Crippen LogP) is 6.83. The van der Waals surface area contributed by atoms with Crippen LogP contribution >= 0.6 is 11.8 Å². The number of carboxylic acids is 1. The maximum Gasteiger partial charge on any atom is 0.451 e. The largest absolute Gasteiger partial charge is 0.480 e. The second kappa shape index (κ2) is 12.8. The summed E-state index contributed by atoms with van der Waals surface area (Å²) in [4.78, 5) is 28.1. The van der Waals surface area contributed by atoms with Crippen LogP contribution in [0.25, 0.3) is 11.5 Å². The van der Waals surface area contributed by atoms with Gasteiger partial charge in [0.1, 0.15) is 23.4 Å². The van der Waals surface area contributed by atoms with Gasteiger partial charge in [-0.05, 0) is 66.1 Å². The number of aryl methyl sites for hydroxylation is 1. The molecule has 4 aromatic rings. The lowest BCUT2D eigenvalue weighted by Crippen LogP contribution is -2.20. The van der Waals surface area contributed by atoms with Gasteiger partial charge in [-0.15, -0.1) is 11.8 Å². The van der Waals surface area contributed by atoms with E-state index in [9.17, 15) is 32.3 Å². The van der Waals surface area contributed by atoms with Crippen LogP contribution in [0.3, 0.4) is 0 Å². The second-order valence-corrected chi connectivity index (χ2v) is 10.0. The standard InChI is InChI=1S/C29H23F4NO5S/c30-22-12-8-18(9-13-22)14-15-40-24(27(35)36)16-19-6-10-21(11-7-19)28(37)38-17-23-25(29(31,32)33)39-26(34-23)20-4-2-1-3-5-20/h1-13,24H,14-17H2,(H,35,36). The van der Waals surface area contributed by atoms with Crippen LogP contribution in [0.4, 0.5) is 17.6 Å². The van der Waals surface area contributed by atoms with Gasteiger partial charge in [-0.25, -0.2) is 14.2 Å². The molecule has 4 rings (SSSR count). The quantitative estimate of drug-likeness (QED) is 0.155. The number of aromatic nitrogens is 1. The highest BCUT2D eigenvalue weighted by molar-refractivity contribution is 8.00. The zero-order chi connectivity index (χ0) is 28.7. The Morgan fingerprint density at radius 2 is 1.60 bits per heavy atom. The molecular formula is C29H23F4NO5S. The average Bonchev–Trinajstić information content (AvgIpc) is 3.38. The van der Waals surface area contributed by atoms with Crippen LogP contribution in [-0.4, -0.2) is 33.0 Å². The van der Waals surface area contributed by atoms with Crippen molar-refractivity contribution >= 4 is 23.7 Å². The molecule has 3 aromatic carbocycles. The van der Waals surface area contributed by atoms with Gasteiger partial charge in [0, 0.05) is 5.56 Å². The molecule has 0 aliphatic heterocycles. The highest BCUT2D eigenvalue weighted by Crippen LogP contribution is 2.35. The van der Waals surface area contributed by atoms with E-state index >= 15 is 0 Å². The molecule has 0 bridgehead atoms. The van der Waals surface area contributed by atoms with Gasteiger partial charge in [0.15, 0.2) is 0 Å². The number of halogens is 4. The fourth-order valence-corrected chi connectivity index (χ4v) is 4.86. The average molecular weight is 574 g/mol. The van der Waals surface area contributed by atoms with Gasteiger partial charge < -0.3 is 14.3 Å². The number of aliphatic carboxylic acids is 1. The van der Waals surface area contributed by atoms with Crippen molar-refractivity contribution in [1.82, 2.24) is 4.98 Å². The van der Waals surface area contributed by atoms with Crippen LogP contribution in [0.1, 0.15) is 32.9 Å². The highest BCUT2D eigenvalue weighted by Gasteiger charge is 2.40. The molecule has 0 spiro atoms. The first kappa shape index (κ1) is 28.9. The van der Waals surface area contributed by atoms with Gasteiger partial charge >= 0.3 is 18.1 Å². The Morgan fingerprint density at radius 1 is 0.950 bits per heavy atom. The number of oxazole rings is 1. The summed E-state index contributed by atoms with van der Waals surface area (Å²) >= 11 is 1.25. The van der Waals surface area contributed by atoms with Crippen molar-refractivity contribution in [3.63, 3.8) is 0 Å². The molecule has 0 saturated heterocycles. The summed E-state index contributed by atoms with van der Waals surface area (Å²) in [5.41, 5.74) is 1.42. The van der Waals surface area contributed by atoms with Crippen LogP contribution < -0.4 is 0 Å². The molecule has 1 aromatic heterocycles. The molecule has 1 N–H and O–H groups in total. The molecule has 1 atom stereocenters. The third-order valence-electron chi connectivity index (χ3n) is 5.82. The normalized spacial score (nSPS) is 12.2. The van der Waals surface area contributed by atoms with E-state index in [0.29, 0.717) is 23.3 Å². The Labute approximate surface area is 231 Å². The summed E-state index contributed by atoms with van der Waals surface area (Å²) in [5, 5.41) is 8.86. The minimum Gasteiger partial charge on any atom is -0.480 e. The van der Waals surface area contributed by atoms with Crippen molar-refractivity contribution < 1.29 is 41.4 Å². The number of nitrogens with zero attached hydrogens (tertiary/aromatic N) is 1. The number of hydrogen-bond acceptors (Lipinski definition) is 6. The summed E-state index contributed by atoms with van der Waals surface area (Å²) in [6.07, 6.45) is -4.07. The number of carboxylic acid groups (broad SMARTS) is 1. The zero-order valence-electron chi connectivity index (χ0n) is 20.9. The third kappa shape index (κ3) is 7.72. The number of alkyl halides is 3. The monoisotopic (exact) mass is 573 g/mol. The van der Waals surface area contributed by atoms with Crippen molar-refractivity contribution in [3.05, 3.63) is 113 Å². The summed E-state index contributed by atoms with van der Waals surface area (Å²) < 4.78 is 63.5. The number of thioether (sulfide) groups is 1. The number of carbonyl (C=O) groups is 2. The highest BCUT2D eigenvalue weighted by atomic mass is 32.2. The van der Waals surface area contributed by atoms with Crippen molar-refractivity contribution in [3.8, 4) is 11.5 Å². The van der Waals surface area contributed by atoms with Crippen LogP contribution in [0, 0.1) is 5.82 Å². The van der Waals surface area contributed by atoms with Gasteiger partial charge in [-0.1, -0.05) is 42.5 Å². The topological polar surface area (TPSA) is 89.6 Å². The van der Waals surface area contributed by atoms with Gasteiger partial charge in [0.05, 0.1) is 5.56 Å². The Morgan fingerprint density at radius 3 is 2.23 bits per heavy atom. The first-order chi connectivity index (χ1) is 19.1. The van der Waals surface area contributed by atoms with Gasteiger partial charge in [-0.3, -0.25) is 4.79 Å². The van der Waals surface area contributed by atoms with E-state index in [4.69, 9.17) is 9.15 Å². The molecule has 1 unspecified atom stereocenters. The van der Waals surface area contributed by atoms with E-state index in [1.165, 1.54) is 36.0 Å². The van der Waals surface area contributed by atoms with Crippen molar-refractivity contribution in [2.75, 3.05) is 5.75 Å². The van der Waals surface area contributed by atoms with Crippen LogP contribution in [0.5, 0.6) is 0 Å². The van der Waals surface area contributed by atoms with Crippen molar-refractivity contribution in [2.45, 2.75) is 30.9 Å². The van der Waals surface area contributed by atoms with E-state index in [2.05, 4.69) is 4.98 Å². The minimum absolute atomic E-state index is 0.0833. The summed E-state index contributed by atoms with van der Waals surface area (Å²) in [6.45, 7) is -0.752. The fraction of sp³-hybridized carbons (Fsp3) is 0.207. The fourth-order valence-electron chi connectivity index (χ4n) is 3.77. The maximum absolute atomic E-state index is 13.5. The SMILES string of the molecule is O=C(OCc1nc(-c2ccccc2)oc1C(F)(F)F)c1ccc(CC(SCCc2ccc(F)cc2)C(=O)O)cc1. The van der Waals surface area contributed by atoms with Crippen molar-refractivity contribution in [2.24, 2.45) is 0 Å². The molecule has 0 fully saturated rings. The lowest BCUT2D eigenvalue weighted by Gasteiger charge is -2.13. The molecular weight excluding hydrogens is 550 g/mol. The molecule has 11 heteroatoms. The molecule has 0 aliphatic rings. The van der Waals surface area contributed by atoms with Gasteiger partial charge in [-0.2, -0.15) is 13.2 Å². The third-order valence-corrected chi connectivity index (χ3v) is 7.04. The zero-order valence-corrected chi connectivity index (χ0v) is 21.7. The van der Waals surface area contributed by atoms with E-state index < -0.39 is 41.4 Å². The van der Waals surface area contributed by atoms with Crippen LogP contribution in [0.2, 0.25) is 0 Å². The molecule has 0 radical (unpaired) electrons.